The number of nitrogens with two attached hydrogens (primary N) is 1. The molecule has 176 valence electrons. The Morgan fingerprint density at radius 2 is 2.06 bits per heavy atom. The molecular formula is C19H20Cl2N5O6P. The Bertz CT molecular complexity index is 1160. The molecule has 2 aliphatic heterocycles. The van der Waals surface area contributed by atoms with E-state index >= 15 is 0 Å². The van der Waals surface area contributed by atoms with Gasteiger partial charge in [0.1, 0.15) is 30.2 Å². The molecule has 0 spiro atoms. The van der Waals surface area contributed by atoms with E-state index in [2.05, 4.69) is 15.0 Å². The second-order valence-corrected chi connectivity index (χ2v) is 9.55. The minimum absolute atomic E-state index is 0.0693. The van der Waals surface area contributed by atoms with Gasteiger partial charge in [0.05, 0.1) is 25.6 Å². The molecule has 1 unspecified atom stereocenters. The molecule has 0 amide bonds. The van der Waals surface area contributed by atoms with Gasteiger partial charge in [-0.2, -0.15) is 0 Å². The SMILES string of the molecule is Nc1ncnc2c1ncn2[C@@H]1O[C@H](COP2OCC[C@H](c3cc(Cl)ccc3Cl)O2)[C@@H](O)[C@H]1O. The lowest BCUT2D eigenvalue weighted by Crippen LogP contribution is -2.33. The number of nitrogens with zero attached hydrogens (tertiary/aromatic N) is 4. The fourth-order valence-corrected chi connectivity index (χ4v) is 5.32. The molecule has 0 aliphatic carbocycles. The summed E-state index contributed by atoms with van der Waals surface area (Å²) >= 11 is 12.4. The Morgan fingerprint density at radius 3 is 2.91 bits per heavy atom. The van der Waals surface area contributed by atoms with Crippen molar-refractivity contribution >= 4 is 48.8 Å². The Kier molecular flexibility index (Phi) is 6.67. The molecule has 2 aromatic heterocycles. The molecule has 6 atom stereocenters. The summed E-state index contributed by atoms with van der Waals surface area (Å²) in [4.78, 5) is 12.2. The molecule has 33 heavy (non-hydrogen) atoms. The zero-order valence-corrected chi connectivity index (χ0v) is 19.4. The van der Waals surface area contributed by atoms with Crippen molar-refractivity contribution in [3.8, 4) is 0 Å². The maximum absolute atomic E-state index is 10.6. The average Bonchev–Trinajstić information content (AvgIpc) is 3.36. The van der Waals surface area contributed by atoms with Crippen LogP contribution in [0, 0.1) is 0 Å². The molecule has 0 radical (unpaired) electrons. The average molecular weight is 516 g/mol. The van der Waals surface area contributed by atoms with Crippen molar-refractivity contribution in [1.29, 1.82) is 0 Å². The maximum Gasteiger partial charge on any atom is 0.333 e. The summed E-state index contributed by atoms with van der Waals surface area (Å²) < 4.78 is 24.6. The molecule has 2 saturated heterocycles. The number of anilines is 1. The number of aliphatic hydroxyl groups is 2. The third-order valence-electron chi connectivity index (χ3n) is 5.44. The van der Waals surface area contributed by atoms with Crippen molar-refractivity contribution in [3.05, 3.63) is 46.5 Å². The predicted molar refractivity (Wildman–Crippen MR) is 119 cm³/mol. The molecule has 2 aliphatic rings. The van der Waals surface area contributed by atoms with Crippen LogP contribution in [0.5, 0.6) is 0 Å². The van der Waals surface area contributed by atoms with E-state index in [0.717, 1.165) is 5.56 Å². The Hall–Kier alpha value is -1.66. The highest BCUT2D eigenvalue weighted by atomic mass is 35.5. The van der Waals surface area contributed by atoms with Crippen LogP contribution < -0.4 is 5.73 Å². The van der Waals surface area contributed by atoms with E-state index < -0.39 is 33.1 Å². The van der Waals surface area contributed by atoms with Crippen LogP contribution >= 0.6 is 31.8 Å². The Morgan fingerprint density at radius 1 is 1.21 bits per heavy atom. The lowest BCUT2D eigenvalue weighted by molar-refractivity contribution is -0.0529. The summed E-state index contributed by atoms with van der Waals surface area (Å²) in [6.07, 6.45) is -1.28. The van der Waals surface area contributed by atoms with Gasteiger partial charge >= 0.3 is 8.60 Å². The summed E-state index contributed by atoms with van der Waals surface area (Å²) in [6, 6.07) is 5.17. The molecule has 5 rings (SSSR count). The predicted octanol–water partition coefficient (Wildman–Crippen LogP) is 2.76. The number of hydrogen-bond acceptors (Lipinski definition) is 10. The van der Waals surface area contributed by atoms with Crippen LogP contribution in [0.25, 0.3) is 11.2 Å². The highest BCUT2D eigenvalue weighted by molar-refractivity contribution is 7.41. The zero-order chi connectivity index (χ0) is 23.1. The largest absolute Gasteiger partial charge is 0.387 e. The molecule has 0 bridgehead atoms. The number of rotatable bonds is 5. The molecule has 4 N–H and O–H groups in total. The molecule has 14 heteroatoms. The fraction of sp³-hybridized carbons (Fsp3) is 0.421. The van der Waals surface area contributed by atoms with Gasteiger partial charge < -0.3 is 34.3 Å². The first-order valence-corrected chi connectivity index (χ1v) is 11.9. The first-order valence-electron chi connectivity index (χ1n) is 10.0. The number of aliphatic hydroxyl groups excluding tert-OH is 2. The van der Waals surface area contributed by atoms with Gasteiger partial charge in [0, 0.05) is 22.0 Å². The van der Waals surface area contributed by atoms with E-state index in [4.69, 9.17) is 47.2 Å². The molecule has 2 fully saturated rings. The van der Waals surface area contributed by atoms with Crippen LogP contribution in [0.15, 0.2) is 30.9 Å². The summed E-state index contributed by atoms with van der Waals surface area (Å²) in [5.74, 6) is 0.204. The number of imidazole rings is 1. The zero-order valence-electron chi connectivity index (χ0n) is 17.0. The highest BCUT2D eigenvalue weighted by Gasteiger charge is 2.45. The van der Waals surface area contributed by atoms with Gasteiger partial charge in [-0.15, -0.1) is 0 Å². The van der Waals surface area contributed by atoms with E-state index in [0.29, 0.717) is 34.2 Å². The fourth-order valence-electron chi connectivity index (χ4n) is 3.75. The van der Waals surface area contributed by atoms with E-state index in [1.54, 1.807) is 18.2 Å². The van der Waals surface area contributed by atoms with Crippen LogP contribution in [-0.2, 0) is 18.3 Å². The van der Waals surface area contributed by atoms with Gasteiger partial charge in [0.2, 0.25) is 0 Å². The summed E-state index contributed by atoms with van der Waals surface area (Å²) in [7, 11) is -1.73. The lowest BCUT2D eigenvalue weighted by atomic mass is 10.1. The second kappa shape index (κ2) is 9.53. The van der Waals surface area contributed by atoms with Crippen molar-refractivity contribution in [2.75, 3.05) is 18.9 Å². The molecule has 3 aromatic rings. The van der Waals surface area contributed by atoms with Gasteiger partial charge in [-0.05, 0) is 18.2 Å². The van der Waals surface area contributed by atoms with Crippen LogP contribution in [0.2, 0.25) is 10.0 Å². The summed E-state index contributed by atoms with van der Waals surface area (Å²) in [5, 5.41) is 22.2. The van der Waals surface area contributed by atoms with E-state index in [-0.39, 0.29) is 18.5 Å². The maximum atomic E-state index is 10.6. The van der Waals surface area contributed by atoms with Crippen LogP contribution in [0.1, 0.15) is 24.3 Å². The third-order valence-corrected chi connectivity index (χ3v) is 7.20. The number of fused-ring (bicyclic) bond motifs is 1. The molecule has 0 saturated carbocycles. The minimum Gasteiger partial charge on any atom is -0.387 e. The first-order chi connectivity index (χ1) is 15.9. The number of aromatic nitrogens is 4. The minimum atomic E-state index is -1.73. The number of ether oxygens (including phenoxy) is 1. The number of benzene rings is 1. The van der Waals surface area contributed by atoms with Crippen LogP contribution in [-0.4, -0.2) is 61.3 Å². The Labute approximate surface area is 199 Å². The van der Waals surface area contributed by atoms with Crippen molar-refractivity contribution in [1.82, 2.24) is 19.5 Å². The monoisotopic (exact) mass is 515 g/mol. The molecule has 1 aromatic carbocycles. The quantitative estimate of drug-likeness (QED) is 0.433. The highest BCUT2D eigenvalue weighted by Crippen LogP contribution is 2.51. The topological polar surface area (TPSA) is 147 Å². The lowest BCUT2D eigenvalue weighted by Gasteiger charge is -2.29. The normalized spacial score (nSPS) is 30.2. The number of halogens is 2. The summed E-state index contributed by atoms with van der Waals surface area (Å²) in [5.41, 5.74) is 7.33. The van der Waals surface area contributed by atoms with E-state index in [1.165, 1.54) is 17.2 Å². The molecular weight excluding hydrogens is 496 g/mol. The summed E-state index contributed by atoms with van der Waals surface area (Å²) in [6.45, 7) is 0.334. The van der Waals surface area contributed by atoms with E-state index in [9.17, 15) is 10.2 Å². The van der Waals surface area contributed by atoms with Crippen LogP contribution in [0.4, 0.5) is 5.82 Å². The van der Waals surface area contributed by atoms with E-state index in [1.807, 2.05) is 0 Å². The van der Waals surface area contributed by atoms with Gasteiger partial charge in [0.15, 0.2) is 17.7 Å². The van der Waals surface area contributed by atoms with Gasteiger partial charge in [0.25, 0.3) is 0 Å². The Balaban J connectivity index is 1.24. The number of nitrogen functional groups attached to an aromatic ring is 1. The van der Waals surface area contributed by atoms with Crippen molar-refractivity contribution in [2.24, 2.45) is 0 Å². The standard InChI is InChI=1S/C19H20Cl2N5O6P/c20-9-1-2-11(21)10(5-9)12-3-4-29-33(32-12)30-6-13-15(27)16(28)19(31-13)26-8-25-14-17(22)23-7-24-18(14)26/h1-2,5,7-8,12-13,15-16,19,27-28H,3-4,6H2,(H2,22,23,24)/t12-,13-,15-,16-,19-,33?/m1/s1. The van der Waals surface area contributed by atoms with Crippen molar-refractivity contribution < 1.29 is 28.5 Å². The first kappa shape index (κ1) is 23.1. The van der Waals surface area contributed by atoms with Gasteiger partial charge in [-0.1, -0.05) is 23.2 Å². The van der Waals surface area contributed by atoms with Gasteiger partial charge in [-0.3, -0.25) is 4.57 Å². The second-order valence-electron chi connectivity index (χ2n) is 7.53. The van der Waals surface area contributed by atoms with Crippen LogP contribution in [0.3, 0.4) is 0 Å². The molecule has 4 heterocycles. The smallest absolute Gasteiger partial charge is 0.333 e. The third kappa shape index (κ3) is 4.53. The molecule has 11 nitrogen and oxygen atoms in total. The van der Waals surface area contributed by atoms with Crippen molar-refractivity contribution in [2.45, 2.75) is 37.1 Å². The van der Waals surface area contributed by atoms with Gasteiger partial charge in [-0.25, -0.2) is 15.0 Å². The number of hydrogen-bond donors (Lipinski definition) is 3. The van der Waals surface area contributed by atoms with Crippen molar-refractivity contribution in [3.63, 3.8) is 0 Å².